The molecule has 0 aliphatic carbocycles. The first kappa shape index (κ1) is 19.3. The molecule has 0 radical (unpaired) electrons. The lowest BCUT2D eigenvalue weighted by Gasteiger charge is -2.25. The number of piperidine rings is 1. The van der Waals surface area contributed by atoms with E-state index in [1.165, 1.54) is 7.11 Å². The van der Waals surface area contributed by atoms with Crippen LogP contribution < -0.4 is 5.32 Å². The summed E-state index contributed by atoms with van der Waals surface area (Å²) in [4.78, 5) is 30.6. The van der Waals surface area contributed by atoms with Gasteiger partial charge in [0.1, 0.15) is 0 Å². The predicted molar refractivity (Wildman–Crippen MR) is 69.5 cm³/mol. The molecule has 4 atom stereocenters. The standard InChI is InChI=1S/C8H15NO2.C4H6O6/c1-6-3-4-7(5-9-6)8(10)11-2;5-1(3(7)8)2(6)4(9)10/h6-7,9H,3-5H2,1-2H3;1-2,5-6H,(H,7,8)(H,9,10)/t6-,7+;/m1./s1. The minimum Gasteiger partial charge on any atom is -0.479 e. The minimum absolute atomic E-state index is 0.0793. The van der Waals surface area contributed by atoms with Crippen LogP contribution in [-0.4, -0.2) is 70.2 Å². The summed E-state index contributed by atoms with van der Waals surface area (Å²) in [5.74, 6) is -3.54. The fourth-order valence-corrected chi connectivity index (χ4v) is 1.64. The molecule has 0 saturated carbocycles. The Kier molecular flexibility index (Phi) is 8.51. The van der Waals surface area contributed by atoms with Crippen molar-refractivity contribution >= 4 is 17.9 Å². The third kappa shape index (κ3) is 7.02. The molecule has 1 aliphatic rings. The van der Waals surface area contributed by atoms with Gasteiger partial charge in [-0.1, -0.05) is 0 Å². The highest BCUT2D eigenvalue weighted by atomic mass is 16.5. The number of carbonyl (C=O) groups excluding carboxylic acids is 1. The Morgan fingerprint density at radius 2 is 1.57 bits per heavy atom. The van der Waals surface area contributed by atoms with Crippen LogP contribution in [0.5, 0.6) is 0 Å². The monoisotopic (exact) mass is 307 g/mol. The lowest BCUT2D eigenvalue weighted by molar-refractivity contribution is -0.165. The highest BCUT2D eigenvalue weighted by Gasteiger charge is 2.29. The van der Waals surface area contributed by atoms with Crippen LogP contribution in [0.1, 0.15) is 19.8 Å². The summed E-state index contributed by atoms with van der Waals surface area (Å²) < 4.78 is 4.65. The van der Waals surface area contributed by atoms with Crippen LogP contribution in [0.25, 0.3) is 0 Å². The van der Waals surface area contributed by atoms with Gasteiger partial charge in [-0.25, -0.2) is 9.59 Å². The van der Waals surface area contributed by atoms with Crippen molar-refractivity contribution in [1.29, 1.82) is 0 Å². The number of aliphatic hydroxyl groups is 2. The summed E-state index contributed by atoms with van der Waals surface area (Å²) in [5.41, 5.74) is 0. The van der Waals surface area contributed by atoms with Crippen molar-refractivity contribution in [2.75, 3.05) is 13.7 Å². The second-order valence-corrected chi connectivity index (χ2v) is 4.67. The number of methoxy groups -OCH3 is 1. The Morgan fingerprint density at radius 1 is 1.10 bits per heavy atom. The molecule has 1 fully saturated rings. The lowest BCUT2D eigenvalue weighted by atomic mass is 9.96. The molecule has 1 saturated heterocycles. The number of aliphatic carboxylic acids is 2. The smallest absolute Gasteiger partial charge is 0.335 e. The van der Waals surface area contributed by atoms with Gasteiger partial charge in [0.05, 0.1) is 13.0 Å². The second-order valence-electron chi connectivity index (χ2n) is 4.67. The molecule has 0 amide bonds. The van der Waals surface area contributed by atoms with Gasteiger partial charge in [0.25, 0.3) is 0 Å². The van der Waals surface area contributed by atoms with Crippen LogP contribution in [0.15, 0.2) is 0 Å². The van der Waals surface area contributed by atoms with E-state index in [2.05, 4.69) is 17.0 Å². The van der Waals surface area contributed by atoms with E-state index in [-0.39, 0.29) is 11.9 Å². The van der Waals surface area contributed by atoms with E-state index in [0.717, 1.165) is 19.4 Å². The number of hydrogen-bond donors (Lipinski definition) is 5. The maximum atomic E-state index is 11.0. The molecule has 0 bridgehead atoms. The molecule has 0 spiro atoms. The summed E-state index contributed by atoms with van der Waals surface area (Å²) >= 11 is 0. The number of esters is 1. The van der Waals surface area contributed by atoms with Crippen LogP contribution in [0, 0.1) is 5.92 Å². The average molecular weight is 307 g/mol. The number of carboxylic acid groups (broad SMARTS) is 2. The van der Waals surface area contributed by atoms with Crippen molar-refractivity contribution in [1.82, 2.24) is 5.32 Å². The zero-order valence-electron chi connectivity index (χ0n) is 11.9. The SMILES string of the molecule is COC(=O)[C@H]1CC[C@@H](C)NC1.O=C(O)C(O)C(O)C(=O)O. The maximum absolute atomic E-state index is 11.0. The van der Waals surface area contributed by atoms with E-state index in [1.54, 1.807) is 0 Å². The number of ether oxygens (including phenoxy) is 1. The lowest BCUT2D eigenvalue weighted by Crippen LogP contribution is -2.40. The molecule has 9 nitrogen and oxygen atoms in total. The molecule has 9 heteroatoms. The van der Waals surface area contributed by atoms with E-state index < -0.39 is 24.1 Å². The maximum Gasteiger partial charge on any atom is 0.335 e. The molecule has 1 rings (SSSR count). The predicted octanol–water partition coefficient (Wildman–Crippen LogP) is -1.58. The Labute approximate surface area is 121 Å². The molecule has 21 heavy (non-hydrogen) atoms. The topological polar surface area (TPSA) is 153 Å². The molecular weight excluding hydrogens is 286 g/mol. The van der Waals surface area contributed by atoms with E-state index in [4.69, 9.17) is 20.4 Å². The Bertz CT molecular complexity index is 346. The van der Waals surface area contributed by atoms with Gasteiger partial charge in [-0.3, -0.25) is 4.79 Å². The van der Waals surface area contributed by atoms with E-state index in [1.807, 2.05) is 0 Å². The van der Waals surface area contributed by atoms with Crippen molar-refractivity contribution in [3.63, 3.8) is 0 Å². The number of hydrogen-bond acceptors (Lipinski definition) is 7. The number of rotatable bonds is 4. The number of nitrogens with one attached hydrogen (secondary N) is 1. The van der Waals surface area contributed by atoms with Gasteiger partial charge in [0, 0.05) is 12.6 Å². The fraction of sp³-hybridized carbons (Fsp3) is 0.750. The Balaban J connectivity index is 0.000000384. The van der Waals surface area contributed by atoms with Gasteiger partial charge in [-0.05, 0) is 19.8 Å². The normalized spacial score (nSPS) is 24.0. The summed E-state index contributed by atoms with van der Waals surface area (Å²) in [6.07, 6.45) is -2.50. The quantitative estimate of drug-likeness (QED) is 0.387. The summed E-state index contributed by atoms with van der Waals surface area (Å²) in [5, 5.41) is 35.8. The first-order chi connectivity index (χ1) is 9.70. The molecule has 0 aromatic rings. The van der Waals surface area contributed by atoms with Crippen LogP contribution in [0.4, 0.5) is 0 Å². The van der Waals surface area contributed by atoms with Crippen molar-refractivity contribution in [3.8, 4) is 0 Å². The zero-order valence-corrected chi connectivity index (χ0v) is 11.9. The number of carbonyl (C=O) groups is 3. The molecule has 0 aromatic carbocycles. The number of carboxylic acids is 2. The molecule has 0 aromatic heterocycles. The van der Waals surface area contributed by atoms with Crippen LogP contribution in [0.3, 0.4) is 0 Å². The minimum atomic E-state index is -2.27. The summed E-state index contributed by atoms with van der Waals surface area (Å²) in [6, 6.07) is 0.552. The molecule has 5 N–H and O–H groups in total. The third-order valence-electron chi connectivity index (χ3n) is 3.00. The van der Waals surface area contributed by atoms with Gasteiger partial charge in [0.2, 0.25) is 0 Å². The third-order valence-corrected chi connectivity index (χ3v) is 3.00. The molecule has 1 aliphatic heterocycles. The van der Waals surface area contributed by atoms with Gasteiger partial charge in [-0.15, -0.1) is 0 Å². The van der Waals surface area contributed by atoms with Crippen LogP contribution >= 0.6 is 0 Å². The van der Waals surface area contributed by atoms with Gasteiger partial charge >= 0.3 is 17.9 Å². The van der Waals surface area contributed by atoms with Gasteiger partial charge in [0.15, 0.2) is 12.2 Å². The summed E-state index contributed by atoms with van der Waals surface area (Å²) in [7, 11) is 1.44. The highest BCUT2D eigenvalue weighted by molar-refractivity contribution is 5.83. The first-order valence-electron chi connectivity index (χ1n) is 6.33. The van der Waals surface area contributed by atoms with E-state index in [9.17, 15) is 14.4 Å². The Hall–Kier alpha value is -1.71. The number of aliphatic hydroxyl groups excluding tert-OH is 2. The van der Waals surface area contributed by atoms with Crippen molar-refractivity contribution in [2.45, 2.75) is 38.0 Å². The molecule has 1 heterocycles. The fourth-order valence-electron chi connectivity index (χ4n) is 1.64. The largest absolute Gasteiger partial charge is 0.479 e. The summed E-state index contributed by atoms with van der Waals surface area (Å²) in [6.45, 7) is 2.90. The van der Waals surface area contributed by atoms with Crippen molar-refractivity contribution < 1.29 is 39.5 Å². The average Bonchev–Trinajstić information content (AvgIpc) is 2.46. The molecule has 2 unspecified atom stereocenters. The van der Waals surface area contributed by atoms with Crippen LogP contribution in [0.2, 0.25) is 0 Å². The first-order valence-corrected chi connectivity index (χ1v) is 6.33. The van der Waals surface area contributed by atoms with E-state index in [0.29, 0.717) is 6.04 Å². The molecular formula is C12H21NO8. The van der Waals surface area contributed by atoms with Crippen molar-refractivity contribution in [2.24, 2.45) is 5.92 Å². The second kappa shape index (κ2) is 9.27. The van der Waals surface area contributed by atoms with E-state index >= 15 is 0 Å². The van der Waals surface area contributed by atoms with Crippen LogP contribution in [-0.2, 0) is 19.1 Å². The Morgan fingerprint density at radius 3 is 1.86 bits per heavy atom. The zero-order chi connectivity index (χ0) is 16.6. The van der Waals surface area contributed by atoms with Gasteiger partial charge < -0.3 is 30.5 Å². The molecule has 122 valence electrons. The van der Waals surface area contributed by atoms with Crippen molar-refractivity contribution in [3.05, 3.63) is 0 Å². The van der Waals surface area contributed by atoms with Gasteiger partial charge in [-0.2, -0.15) is 0 Å². The highest BCUT2D eigenvalue weighted by Crippen LogP contribution is 2.14.